The number of carbonyl (C=O) groups excluding carboxylic acids is 1. The van der Waals surface area contributed by atoms with E-state index in [-0.39, 0.29) is 11.5 Å². The fourth-order valence-electron chi connectivity index (χ4n) is 2.93. The van der Waals surface area contributed by atoms with E-state index in [2.05, 4.69) is 27.2 Å². The molecule has 6 nitrogen and oxygen atoms in total. The van der Waals surface area contributed by atoms with Crippen molar-refractivity contribution in [2.75, 3.05) is 53.4 Å². The molecule has 140 valence electrons. The van der Waals surface area contributed by atoms with Crippen molar-refractivity contribution in [3.63, 3.8) is 0 Å². The highest BCUT2D eigenvalue weighted by molar-refractivity contribution is 5.97. The van der Waals surface area contributed by atoms with E-state index in [0.717, 1.165) is 39.1 Å². The minimum atomic E-state index is -0.174. The van der Waals surface area contributed by atoms with Crippen molar-refractivity contribution in [2.24, 2.45) is 0 Å². The molecule has 1 aliphatic rings. The van der Waals surface area contributed by atoms with Gasteiger partial charge < -0.3 is 15.1 Å². The standard InChI is InChI=1S/C20H29N5O/c1-23(2)10-6-9-22-16-19(15-21)20(26)25-13-11-24(12-14-25)17-18-7-4-3-5-8-18/h3-5,7-8,16,22H,6,9-14,17H2,1-2H3/b19-16-. The SMILES string of the molecule is CN(C)CCCN/C=C(/C#N)C(=O)N1CCN(Cc2ccccc2)CC1. The molecule has 0 unspecified atom stereocenters. The summed E-state index contributed by atoms with van der Waals surface area (Å²) < 4.78 is 0. The Labute approximate surface area is 156 Å². The lowest BCUT2D eigenvalue weighted by Crippen LogP contribution is -2.48. The quantitative estimate of drug-likeness (QED) is 0.432. The van der Waals surface area contributed by atoms with E-state index in [1.165, 1.54) is 5.56 Å². The first-order valence-corrected chi connectivity index (χ1v) is 9.14. The molecule has 1 N–H and O–H groups in total. The lowest BCUT2D eigenvalue weighted by molar-refractivity contribution is -0.128. The number of benzene rings is 1. The third-order valence-electron chi connectivity index (χ3n) is 4.43. The van der Waals surface area contributed by atoms with Crippen molar-refractivity contribution in [1.29, 1.82) is 5.26 Å². The van der Waals surface area contributed by atoms with Gasteiger partial charge in [-0.05, 0) is 32.6 Å². The second-order valence-corrected chi connectivity index (χ2v) is 6.83. The molecular weight excluding hydrogens is 326 g/mol. The van der Waals surface area contributed by atoms with Gasteiger partial charge in [-0.25, -0.2) is 0 Å². The lowest BCUT2D eigenvalue weighted by atomic mass is 10.2. The predicted octanol–water partition coefficient (Wildman–Crippen LogP) is 1.28. The van der Waals surface area contributed by atoms with E-state index in [1.54, 1.807) is 11.1 Å². The molecule has 0 aliphatic carbocycles. The topological polar surface area (TPSA) is 62.6 Å². The normalized spacial score (nSPS) is 15.8. The zero-order valence-corrected chi connectivity index (χ0v) is 15.8. The average Bonchev–Trinajstić information content (AvgIpc) is 2.65. The zero-order valence-electron chi connectivity index (χ0n) is 15.8. The van der Waals surface area contributed by atoms with Gasteiger partial charge in [0.05, 0.1) is 0 Å². The molecule has 0 bridgehead atoms. The average molecular weight is 355 g/mol. The molecule has 6 heteroatoms. The molecule has 0 aromatic heterocycles. The van der Waals surface area contributed by atoms with Gasteiger partial charge in [0.2, 0.25) is 0 Å². The van der Waals surface area contributed by atoms with E-state index in [9.17, 15) is 10.1 Å². The first-order valence-electron chi connectivity index (χ1n) is 9.14. The van der Waals surface area contributed by atoms with Crippen molar-refractivity contribution in [2.45, 2.75) is 13.0 Å². The number of nitriles is 1. The summed E-state index contributed by atoms with van der Waals surface area (Å²) in [7, 11) is 4.05. The number of nitrogens with one attached hydrogen (secondary N) is 1. The summed E-state index contributed by atoms with van der Waals surface area (Å²) in [5, 5.41) is 12.4. The smallest absolute Gasteiger partial charge is 0.266 e. The van der Waals surface area contributed by atoms with E-state index < -0.39 is 0 Å². The molecule has 0 atom stereocenters. The molecule has 1 aromatic rings. The predicted molar refractivity (Wildman–Crippen MR) is 103 cm³/mol. The van der Waals surface area contributed by atoms with Crippen LogP contribution >= 0.6 is 0 Å². The number of hydrogen-bond acceptors (Lipinski definition) is 5. The molecule has 26 heavy (non-hydrogen) atoms. The first kappa shape index (κ1) is 20.0. The number of amides is 1. The number of carbonyl (C=O) groups is 1. The summed E-state index contributed by atoms with van der Waals surface area (Å²) in [6.45, 7) is 5.60. The van der Waals surface area contributed by atoms with Crippen LogP contribution in [0.15, 0.2) is 42.1 Å². The van der Waals surface area contributed by atoms with Gasteiger partial charge in [-0.2, -0.15) is 5.26 Å². The summed E-state index contributed by atoms with van der Waals surface area (Å²) in [6, 6.07) is 12.4. The summed E-state index contributed by atoms with van der Waals surface area (Å²) >= 11 is 0. The largest absolute Gasteiger partial charge is 0.390 e. The summed E-state index contributed by atoms with van der Waals surface area (Å²) in [5.41, 5.74) is 1.47. The molecule has 0 spiro atoms. The van der Waals surface area contributed by atoms with E-state index in [1.807, 2.05) is 38.4 Å². The first-order chi connectivity index (χ1) is 12.6. The second-order valence-electron chi connectivity index (χ2n) is 6.83. The highest BCUT2D eigenvalue weighted by Gasteiger charge is 2.23. The molecule has 1 aliphatic heterocycles. The van der Waals surface area contributed by atoms with E-state index in [4.69, 9.17) is 0 Å². The minimum Gasteiger partial charge on any atom is -0.390 e. The number of nitrogens with zero attached hydrogens (tertiary/aromatic N) is 4. The van der Waals surface area contributed by atoms with Gasteiger partial charge in [0.25, 0.3) is 5.91 Å². The number of hydrogen-bond donors (Lipinski definition) is 1. The Morgan fingerprint density at radius 1 is 1.23 bits per heavy atom. The number of piperazine rings is 1. The third kappa shape index (κ3) is 6.51. The van der Waals surface area contributed by atoms with Crippen LogP contribution in [0.2, 0.25) is 0 Å². The van der Waals surface area contributed by atoms with Gasteiger partial charge in [-0.1, -0.05) is 30.3 Å². The monoisotopic (exact) mass is 355 g/mol. The molecule has 2 rings (SSSR count). The van der Waals surface area contributed by atoms with Crippen LogP contribution in [0.25, 0.3) is 0 Å². The molecule has 0 radical (unpaired) electrons. The Morgan fingerprint density at radius 2 is 1.92 bits per heavy atom. The molecule has 0 saturated carbocycles. The van der Waals surface area contributed by atoms with Gasteiger partial charge in [0.15, 0.2) is 0 Å². The summed E-state index contributed by atoms with van der Waals surface area (Å²) in [5.74, 6) is -0.174. The Morgan fingerprint density at radius 3 is 2.54 bits per heavy atom. The molecule has 1 heterocycles. The lowest BCUT2D eigenvalue weighted by Gasteiger charge is -2.34. The van der Waals surface area contributed by atoms with Crippen LogP contribution in [0.3, 0.4) is 0 Å². The Bertz CT molecular complexity index is 627. The van der Waals surface area contributed by atoms with Crippen LogP contribution in [-0.2, 0) is 11.3 Å². The van der Waals surface area contributed by atoms with Crippen LogP contribution < -0.4 is 5.32 Å². The highest BCUT2D eigenvalue weighted by Crippen LogP contribution is 2.10. The van der Waals surface area contributed by atoms with Crippen LogP contribution in [0.4, 0.5) is 0 Å². The Balaban J connectivity index is 1.77. The molecular formula is C20H29N5O. The molecule has 1 amide bonds. The molecule has 1 fully saturated rings. The van der Waals surface area contributed by atoms with Crippen molar-refractivity contribution >= 4 is 5.91 Å². The van der Waals surface area contributed by atoms with Gasteiger partial charge in [-0.3, -0.25) is 9.69 Å². The zero-order chi connectivity index (χ0) is 18.8. The molecule has 1 aromatic carbocycles. The number of rotatable bonds is 8. The van der Waals surface area contributed by atoms with Crippen molar-refractivity contribution < 1.29 is 4.79 Å². The van der Waals surface area contributed by atoms with E-state index in [0.29, 0.717) is 13.1 Å². The fourth-order valence-corrected chi connectivity index (χ4v) is 2.93. The van der Waals surface area contributed by atoms with Gasteiger partial charge in [0, 0.05) is 45.5 Å². The maximum Gasteiger partial charge on any atom is 0.266 e. The molecule has 1 saturated heterocycles. The van der Waals surface area contributed by atoms with Crippen molar-refractivity contribution in [3.05, 3.63) is 47.7 Å². The van der Waals surface area contributed by atoms with Crippen molar-refractivity contribution in [3.8, 4) is 6.07 Å². The maximum absolute atomic E-state index is 12.5. The second kappa shape index (κ2) is 10.6. The summed E-state index contributed by atoms with van der Waals surface area (Å²) in [4.78, 5) is 18.8. The maximum atomic E-state index is 12.5. The van der Waals surface area contributed by atoms with Crippen LogP contribution in [0.5, 0.6) is 0 Å². The summed E-state index contributed by atoms with van der Waals surface area (Å²) in [6.07, 6.45) is 2.53. The minimum absolute atomic E-state index is 0.174. The van der Waals surface area contributed by atoms with Gasteiger partial charge in [-0.15, -0.1) is 0 Å². The van der Waals surface area contributed by atoms with Crippen LogP contribution in [-0.4, -0.2) is 74.0 Å². The Hall–Kier alpha value is -2.36. The highest BCUT2D eigenvalue weighted by atomic mass is 16.2. The third-order valence-corrected chi connectivity index (χ3v) is 4.43. The van der Waals surface area contributed by atoms with Crippen LogP contribution in [0, 0.1) is 11.3 Å². The van der Waals surface area contributed by atoms with Gasteiger partial charge in [0.1, 0.15) is 11.6 Å². The Kier molecular flexibility index (Phi) is 8.13. The van der Waals surface area contributed by atoms with Gasteiger partial charge >= 0.3 is 0 Å². The van der Waals surface area contributed by atoms with E-state index >= 15 is 0 Å². The van der Waals surface area contributed by atoms with Crippen molar-refractivity contribution in [1.82, 2.24) is 20.0 Å². The van der Waals surface area contributed by atoms with Crippen LogP contribution in [0.1, 0.15) is 12.0 Å². The fraction of sp³-hybridized carbons (Fsp3) is 0.500.